The van der Waals surface area contributed by atoms with Crippen LogP contribution >= 0.6 is 0 Å². The van der Waals surface area contributed by atoms with Crippen molar-refractivity contribution in [3.05, 3.63) is 17.0 Å². The Morgan fingerprint density at radius 1 is 0.882 bits per heavy atom. The number of quaternary nitrogens is 1. The van der Waals surface area contributed by atoms with Gasteiger partial charge in [0.15, 0.2) is 0 Å². The van der Waals surface area contributed by atoms with E-state index in [1.165, 1.54) is 44.8 Å². The third-order valence-electron chi connectivity index (χ3n) is 4.58. The number of hydrogen-bond acceptors (Lipinski definition) is 3. The van der Waals surface area contributed by atoms with E-state index >= 15 is 0 Å². The predicted molar refractivity (Wildman–Crippen MR) is 69.1 cm³/mol. The average molecular weight is 233 g/mol. The molecule has 0 N–H and O–H groups in total. The second kappa shape index (κ2) is 3.75. The van der Waals surface area contributed by atoms with Crippen molar-refractivity contribution in [3.63, 3.8) is 0 Å². The molecule has 3 fully saturated rings. The zero-order chi connectivity index (χ0) is 12.0. The summed E-state index contributed by atoms with van der Waals surface area (Å²) in [5.74, 6) is 1.06. The molecule has 0 aliphatic carbocycles. The molecule has 4 rings (SSSR count). The smallest absolute Gasteiger partial charge is 0.287 e. The first-order valence-corrected chi connectivity index (χ1v) is 6.52. The quantitative estimate of drug-likeness (QED) is 0.679. The van der Waals surface area contributed by atoms with Crippen molar-refractivity contribution in [1.29, 1.82) is 0 Å². The van der Waals surface area contributed by atoms with E-state index in [9.17, 15) is 0 Å². The molecule has 17 heavy (non-hydrogen) atoms. The van der Waals surface area contributed by atoms with E-state index in [4.69, 9.17) is 9.97 Å². The highest BCUT2D eigenvalue weighted by Gasteiger charge is 2.42. The van der Waals surface area contributed by atoms with Gasteiger partial charge in [0.05, 0.1) is 19.6 Å². The molecule has 0 radical (unpaired) electrons. The molecule has 0 atom stereocenters. The van der Waals surface area contributed by atoms with Crippen molar-refractivity contribution in [2.45, 2.75) is 20.8 Å². The molecule has 2 bridgehead atoms. The molecule has 0 amide bonds. The predicted octanol–water partition coefficient (Wildman–Crippen LogP) is 1.04. The highest BCUT2D eigenvalue weighted by atomic mass is 15.5. The van der Waals surface area contributed by atoms with Gasteiger partial charge in [0.2, 0.25) is 0 Å². The largest absolute Gasteiger partial charge is 0.329 e. The van der Waals surface area contributed by atoms with Crippen LogP contribution in [0.25, 0.3) is 0 Å². The molecule has 0 unspecified atom stereocenters. The Balaban J connectivity index is 2.03. The van der Waals surface area contributed by atoms with Gasteiger partial charge in [-0.3, -0.25) is 9.38 Å². The summed E-state index contributed by atoms with van der Waals surface area (Å²) in [6, 6.07) is 0. The molecule has 3 aliphatic rings. The first-order chi connectivity index (χ1) is 8.11. The molecule has 92 valence electrons. The summed E-state index contributed by atoms with van der Waals surface area (Å²) in [5.41, 5.74) is 3.53. The molecule has 3 saturated heterocycles. The van der Waals surface area contributed by atoms with Gasteiger partial charge >= 0.3 is 5.95 Å². The van der Waals surface area contributed by atoms with Gasteiger partial charge < -0.3 is 0 Å². The SMILES string of the molecule is Cc1nc([N+]23CCN(CC2)CC3)nc(C)c1C. The first-order valence-electron chi connectivity index (χ1n) is 6.52. The fourth-order valence-electron chi connectivity index (χ4n) is 2.94. The van der Waals surface area contributed by atoms with Crippen LogP contribution in [0.5, 0.6) is 0 Å². The van der Waals surface area contributed by atoms with Crippen LogP contribution in [0.4, 0.5) is 5.95 Å². The minimum atomic E-state index is 1.01. The number of fused-ring (bicyclic) bond motifs is 3. The minimum Gasteiger partial charge on any atom is -0.287 e. The van der Waals surface area contributed by atoms with Crippen molar-refractivity contribution >= 4 is 5.95 Å². The summed E-state index contributed by atoms with van der Waals surface area (Å²) < 4.78 is 1.01. The number of aromatic nitrogens is 2. The van der Waals surface area contributed by atoms with Crippen LogP contribution in [0.3, 0.4) is 0 Å². The third-order valence-corrected chi connectivity index (χ3v) is 4.58. The maximum absolute atomic E-state index is 4.77. The van der Waals surface area contributed by atoms with Crippen molar-refractivity contribution in [1.82, 2.24) is 19.4 Å². The van der Waals surface area contributed by atoms with Crippen LogP contribution in [-0.4, -0.2) is 54.1 Å². The highest BCUT2D eigenvalue weighted by Crippen LogP contribution is 2.26. The molecule has 4 heteroatoms. The Kier molecular flexibility index (Phi) is 2.45. The normalized spacial score (nSPS) is 31.8. The van der Waals surface area contributed by atoms with Crippen molar-refractivity contribution < 1.29 is 0 Å². The lowest BCUT2D eigenvalue weighted by Crippen LogP contribution is -2.69. The van der Waals surface area contributed by atoms with E-state index < -0.39 is 0 Å². The van der Waals surface area contributed by atoms with E-state index in [0.29, 0.717) is 0 Å². The lowest BCUT2D eigenvalue weighted by Gasteiger charge is -2.48. The van der Waals surface area contributed by atoms with Gasteiger partial charge in [0, 0.05) is 31.0 Å². The van der Waals surface area contributed by atoms with Crippen molar-refractivity contribution in [3.8, 4) is 0 Å². The third kappa shape index (κ3) is 1.67. The van der Waals surface area contributed by atoms with Crippen molar-refractivity contribution in [2.24, 2.45) is 0 Å². The highest BCUT2D eigenvalue weighted by molar-refractivity contribution is 5.34. The molecule has 4 nitrogen and oxygen atoms in total. The summed E-state index contributed by atoms with van der Waals surface area (Å²) in [7, 11) is 0. The molecular weight excluding hydrogens is 212 g/mol. The van der Waals surface area contributed by atoms with Gasteiger partial charge in [0.25, 0.3) is 0 Å². The van der Waals surface area contributed by atoms with Crippen LogP contribution in [0.15, 0.2) is 0 Å². The maximum atomic E-state index is 4.77. The molecule has 4 heterocycles. The average Bonchev–Trinajstić information content (AvgIpc) is 2.37. The van der Waals surface area contributed by atoms with Crippen LogP contribution in [-0.2, 0) is 0 Å². The molecule has 0 saturated carbocycles. The Hall–Kier alpha value is -1.00. The van der Waals surface area contributed by atoms with Gasteiger partial charge in [-0.15, -0.1) is 0 Å². The summed E-state index contributed by atoms with van der Waals surface area (Å²) >= 11 is 0. The number of rotatable bonds is 1. The lowest BCUT2D eigenvalue weighted by molar-refractivity contribution is 0.0628. The van der Waals surface area contributed by atoms with Gasteiger partial charge in [0.1, 0.15) is 0 Å². The van der Waals surface area contributed by atoms with Gasteiger partial charge in [-0.1, -0.05) is 0 Å². The Morgan fingerprint density at radius 3 is 1.82 bits per heavy atom. The van der Waals surface area contributed by atoms with Crippen molar-refractivity contribution in [2.75, 3.05) is 39.3 Å². The number of hydrogen-bond donors (Lipinski definition) is 0. The van der Waals surface area contributed by atoms with Crippen LogP contribution in [0.1, 0.15) is 17.0 Å². The monoisotopic (exact) mass is 233 g/mol. The fraction of sp³-hybridized carbons (Fsp3) is 0.692. The maximum Gasteiger partial charge on any atom is 0.329 e. The van der Waals surface area contributed by atoms with E-state index in [2.05, 4.69) is 25.7 Å². The van der Waals surface area contributed by atoms with E-state index in [0.717, 1.165) is 21.8 Å². The lowest BCUT2D eigenvalue weighted by atomic mass is 10.1. The second-order valence-corrected chi connectivity index (χ2v) is 5.48. The Morgan fingerprint density at radius 2 is 1.35 bits per heavy atom. The van der Waals surface area contributed by atoms with Gasteiger partial charge in [-0.25, -0.2) is 0 Å². The van der Waals surface area contributed by atoms with Gasteiger partial charge in [-0.05, 0) is 26.3 Å². The first kappa shape index (κ1) is 11.1. The molecule has 0 spiro atoms. The number of piperazine rings is 3. The summed E-state index contributed by atoms with van der Waals surface area (Å²) in [6.45, 7) is 13.5. The zero-order valence-electron chi connectivity index (χ0n) is 11.0. The molecular formula is C13H21N4+. The number of aryl methyl sites for hydroxylation is 2. The zero-order valence-corrected chi connectivity index (χ0v) is 11.0. The Bertz CT molecular complexity index is 410. The van der Waals surface area contributed by atoms with Crippen LogP contribution < -0.4 is 4.48 Å². The standard InChI is InChI=1S/C13H21N4/c1-10-11(2)14-13(15-12(10)3)17-7-4-16(5-8-17)6-9-17/h4-9H2,1-3H3/q+1. The van der Waals surface area contributed by atoms with E-state index in [1.54, 1.807) is 0 Å². The number of nitrogens with zero attached hydrogens (tertiary/aromatic N) is 4. The summed E-state index contributed by atoms with van der Waals surface area (Å²) in [6.07, 6.45) is 0. The summed E-state index contributed by atoms with van der Waals surface area (Å²) in [4.78, 5) is 12.1. The fourth-order valence-corrected chi connectivity index (χ4v) is 2.94. The minimum absolute atomic E-state index is 1.01. The van der Waals surface area contributed by atoms with Crippen LogP contribution in [0, 0.1) is 20.8 Å². The van der Waals surface area contributed by atoms with Crippen LogP contribution in [0.2, 0.25) is 0 Å². The molecule has 3 aliphatic heterocycles. The second-order valence-electron chi connectivity index (χ2n) is 5.48. The van der Waals surface area contributed by atoms with E-state index in [-0.39, 0.29) is 0 Å². The molecule has 1 aromatic rings. The summed E-state index contributed by atoms with van der Waals surface area (Å²) in [5, 5.41) is 0. The van der Waals surface area contributed by atoms with E-state index in [1.807, 2.05) is 0 Å². The Labute approximate surface area is 103 Å². The molecule has 1 aromatic heterocycles. The topological polar surface area (TPSA) is 29.0 Å². The molecule has 0 aromatic carbocycles. The van der Waals surface area contributed by atoms with Gasteiger partial charge in [-0.2, -0.15) is 9.97 Å².